The fourth-order valence-corrected chi connectivity index (χ4v) is 0.915. The Kier molecular flexibility index (Phi) is 2.21. The molecule has 0 aromatic carbocycles. The van der Waals surface area contributed by atoms with Crippen LogP contribution in [0.15, 0.2) is 17.3 Å². The molecule has 0 aliphatic heterocycles. The first-order chi connectivity index (χ1) is 5.27. The molecule has 0 spiro atoms. The van der Waals surface area contributed by atoms with E-state index in [4.69, 9.17) is 0 Å². The van der Waals surface area contributed by atoms with Gasteiger partial charge in [-0.1, -0.05) is 12.2 Å². The van der Waals surface area contributed by atoms with Crippen molar-refractivity contribution in [2.24, 2.45) is 12.0 Å². The largest absolute Gasteiger partial charge is 0.273 e. The molecule has 0 bridgehead atoms. The lowest BCUT2D eigenvalue weighted by molar-refractivity contribution is 0.769. The summed E-state index contributed by atoms with van der Waals surface area (Å²) in [4.78, 5) is 3.78. The van der Waals surface area contributed by atoms with E-state index in [-0.39, 0.29) is 0 Å². The highest BCUT2D eigenvalue weighted by Crippen LogP contribution is 2.16. The Hall–Kier alpha value is -1.38. The average Bonchev–Trinajstić information content (AvgIpc) is 2.32. The average molecular weight is 149 g/mol. The van der Waals surface area contributed by atoms with Crippen molar-refractivity contribution >= 4 is 18.6 Å². The third kappa shape index (κ3) is 1.55. The van der Waals surface area contributed by atoms with Crippen LogP contribution in [0, 0.1) is 0 Å². The maximum Gasteiger partial charge on any atom is 0.180 e. The molecule has 0 atom stereocenters. The zero-order valence-corrected chi connectivity index (χ0v) is 6.78. The van der Waals surface area contributed by atoms with Crippen molar-refractivity contribution in [2.75, 3.05) is 0 Å². The molecule has 0 amide bonds. The summed E-state index contributed by atoms with van der Waals surface area (Å²) < 4.78 is 1.72. The van der Waals surface area contributed by atoms with E-state index in [2.05, 4.69) is 16.8 Å². The van der Waals surface area contributed by atoms with Crippen molar-refractivity contribution in [1.29, 1.82) is 0 Å². The maximum absolute atomic E-state index is 4.08. The molecule has 0 fully saturated rings. The molecule has 0 saturated carbocycles. The molecule has 0 aliphatic carbocycles. The van der Waals surface area contributed by atoms with E-state index >= 15 is 0 Å². The van der Waals surface area contributed by atoms with E-state index < -0.39 is 0 Å². The number of allylic oxidation sites excluding steroid dienone is 1. The summed E-state index contributed by atoms with van der Waals surface area (Å²) >= 11 is 0. The Bertz CT molecular complexity index is 284. The highest BCUT2D eigenvalue weighted by Gasteiger charge is 1.99. The summed E-state index contributed by atoms with van der Waals surface area (Å²) in [5, 5.41) is 4.08. The van der Waals surface area contributed by atoms with Crippen molar-refractivity contribution in [3.8, 4) is 0 Å². The number of aryl methyl sites for hydroxylation is 1. The minimum Gasteiger partial charge on any atom is -0.273 e. The van der Waals surface area contributed by atoms with Crippen LogP contribution in [-0.2, 0) is 7.05 Å². The van der Waals surface area contributed by atoms with E-state index in [9.17, 15) is 0 Å². The third-order valence-corrected chi connectivity index (χ3v) is 1.33. The summed E-state index contributed by atoms with van der Waals surface area (Å²) in [5.41, 5.74) is 1.00. The molecule has 3 nitrogen and oxygen atoms in total. The normalized spacial score (nSPS) is 10.7. The second kappa shape index (κ2) is 3.14. The molecule has 11 heavy (non-hydrogen) atoms. The number of rotatable bonds is 2. The number of hydrogen-bond acceptors (Lipinski definition) is 2. The monoisotopic (exact) mass is 149 g/mol. The Morgan fingerprint density at radius 2 is 2.45 bits per heavy atom. The molecule has 1 heterocycles. The lowest BCUT2D eigenvalue weighted by Gasteiger charge is -1.83. The van der Waals surface area contributed by atoms with E-state index in [1.54, 1.807) is 4.68 Å². The molecule has 0 saturated heterocycles. The molecular weight excluding hydrogens is 138 g/mol. The zero-order chi connectivity index (χ0) is 8.27. The van der Waals surface area contributed by atoms with E-state index in [0.717, 1.165) is 5.56 Å². The van der Waals surface area contributed by atoms with Crippen LogP contribution in [0.5, 0.6) is 0 Å². The molecule has 58 valence electrons. The SMILES string of the molecule is C=Nc1nn(C)cc1/C=C\C. The predicted octanol–water partition coefficient (Wildman–Crippen LogP) is 1.79. The van der Waals surface area contributed by atoms with Gasteiger partial charge in [0.15, 0.2) is 5.82 Å². The van der Waals surface area contributed by atoms with E-state index in [1.807, 2.05) is 32.3 Å². The van der Waals surface area contributed by atoms with Crippen molar-refractivity contribution in [1.82, 2.24) is 9.78 Å². The van der Waals surface area contributed by atoms with E-state index in [1.165, 1.54) is 0 Å². The van der Waals surface area contributed by atoms with Gasteiger partial charge in [-0.3, -0.25) is 4.68 Å². The highest BCUT2D eigenvalue weighted by molar-refractivity contribution is 5.61. The minimum absolute atomic E-state index is 0.686. The lowest BCUT2D eigenvalue weighted by atomic mass is 10.3. The highest BCUT2D eigenvalue weighted by atomic mass is 15.3. The zero-order valence-electron chi connectivity index (χ0n) is 6.78. The molecule has 1 aromatic rings. The van der Waals surface area contributed by atoms with Crippen LogP contribution in [0.2, 0.25) is 0 Å². The smallest absolute Gasteiger partial charge is 0.180 e. The molecule has 0 radical (unpaired) electrons. The molecule has 1 rings (SSSR count). The summed E-state index contributed by atoms with van der Waals surface area (Å²) in [6, 6.07) is 0. The first-order valence-electron chi connectivity index (χ1n) is 3.41. The van der Waals surface area contributed by atoms with Gasteiger partial charge in [-0.25, -0.2) is 4.99 Å². The topological polar surface area (TPSA) is 30.2 Å². The maximum atomic E-state index is 4.08. The Labute approximate surface area is 66.1 Å². The Morgan fingerprint density at radius 1 is 1.73 bits per heavy atom. The van der Waals surface area contributed by atoms with Crippen LogP contribution >= 0.6 is 0 Å². The fraction of sp³-hybridized carbons (Fsp3) is 0.250. The lowest BCUT2D eigenvalue weighted by Crippen LogP contribution is -1.84. The standard InChI is InChI=1S/C8H11N3/c1-4-5-7-6-11(3)10-8(7)9-2/h4-6H,2H2,1,3H3/b5-4-. The van der Waals surface area contributed by atoms with Crippen LogP contribution in [-0.4, -0.2) is 16.5 Å². The van der Waals surface area contributed by atoms with Crippen molar-refractivity contribution in [3.05, 3.63) is 17.8 Å². The van der Waals surface area contributed by atoms with Gasteiger partial charge in [-0.05, 0) is 13.6 Å². The summed E-state index contributed by atoms with van der Waals surface area (Å²) in [6.45, 7) is 5.39. The van der Waals surface area contributed by atoms with Gasteiger partial charge in [0.05, 0.1) is 0 Å². The van der Waals surface area contributed by atoms with Crippen molar-refractivity contribution in [2.45, 2.75) is 6.92 Å². The minimum atomic E-state index is 0.686. The molecule has 0 unspecified atom stereocenters. The number of nitrogens with zero attached hydrogens (tertiary/aromatic N) is 3. The Balaban J connectivity index is 3.11. The second-order valence-corrected chi connectivity index (χ2v) is 2.24. The van der Waals surface area contributed by atoms with Crippen LogP contribution < -0.4 is 0 Å². The van der Waals surface area contributed by atoms with Gasteiger partial charge in [0.1, 0.15) is 0 Å². The molecule has 3 heteroatoms. The van der Waals surface area contributed by atoms with Gasteiger partial charge in [0.2, 0.25) is 0 Å². The first kappa shape index (κ1) is 7.72. The van der Waals surface area contributed by atoms with Crippen molar-refractivity contribution < 1.29 is 0 Å². The quantitative estimate of drug-likeness (QED) is 0.589. The summed E-state index contributed by atoms with van der Waals surface area (Å²) in [5.74, 6) is 0.686. The van der Waals surface area contributed by atoms with Crippen LogP contribution in [0.4, 0.5) is 5.82 Å². The number of hydrogen-bond donors (Lipinski definition) is 0. The fourth-order valence-electron chi connectivity index (χ4n) is 0.915. The van der Waals surface area contributed by atoms with E-state index in [0.29, 0.717) is 5.82 Å². The summed E-state index contributed by atoms with van der Waals surface area (Å²) in [7, 11) is 1.86. The van der Waals surface area contributed by atoms with Gasteiger partial charge < -0.3 is 0 Å². The van der Waals surface area contributed by atoms with Crippen LogP contribution in [0.25, 0.3) is 6.08 Å². The van der Waals surface area contributed by atoms with Crippen LogP contribution in [0.1, 0.15) is 12.5 Å². The van der Waals surface area contributed by atoms with Gasteiger partial charge >= 0.3 is 0 Å². The second-order valence-electron chi connectivity index (χ2n) is 2.24. The molecule has 1 aromatic heterocycles. The van der Waals surface area contributed by atoms with Crippen molar-refractivity contribution in [3.63, 3.8) is 0 Å². The van der Waals surface area contributed by atoms with Gasteiger partial charge in [0.25, 0.3) is 0 Å². The third-order valence-electron chi connectivity index (χ3n) is 1.33. The first-order valence-corrected chi connectivity index (χ1v) is 3.41. The molecule has 0 aliphatic rings. The van der Waals surface area contributed by atoms with Crippen LogP contribution in [0.3, 0.4) is 0 Å². The Morgan fingerprint density at radius 3 is 3.00 bits per heavy atom. The predicted molar refractivity (Wildman–Crippen MR) is 47.1 cm³/mol. The number of aromatic nitrogens is 2. The molecule has 0 N–H and O–H groups in total. The van der Waals surface area contributed by atoms with Gasteiger partial charge in [0, 0.05) is 18.8 Å². The van der Waals surface area contributed by atoms with Gasteiger partial charge in [-0.2, -0.15) is 5.10 Å². The number of aliphatic imine (C=N–C) groups is 1. The molecular formula is C8H11N3. The summed E-state index contributed by atoms with van der Waals surface area (Å²) in [6.07, 6.45) is 5.81. The van der Waals surface area contributed by atoms with Gasteiger partial charge in [-0.15, -0.1) is 0 Å².